The van der Waals surface area contributed by atoms with Crippen LogP contribution in [-0.4, -0.2) is 66.9 Å². The largest absolute Gasteiger partial charge is 0.385 e. The van der Waals surface area contributed by atoms with Crippen LogP contribution in [0.15, 0.2) is 12.3 Å². The van der Waals surface area contributed by atoms with Gasteiger partial charge in [-0.15, -0.1) is 0 Å². The summed E-state index contributed by atoms with van der Waals surface area (Å²) in [5, 5.41) is 4.44. The van der Waals surface area contributed by atoms with Crippen molar-refractivity contribution in [3.8, 4) is 0 Å². The first-order valence-electron chi connectivity index (χ1n) is 7.74. The quantitative estimate of drug-likeness (QED) is 0.730. The fourth-order valence-electron chi connectivity index (χ4n) is 3.22. The van der Waals surface area contributed by atoms with Gasteiger partial charge in [0.05, 0.1) is 31.1 Å². The molecular weight excluding hydrogens is 270 g/mol. The normalized spacial score (nSPS) is 26.7. The molecule has 6 heteroatoms. The molecule has 0 aromatic carbocycles. The van der Waals surface area contributed by atoms with Gasteiger partial charge in [-0.05, 0) is 18.9 Å². The summed E-state index contributed by atoms with van der Waals surface area (Å²) in [4.78, 5) is 2.52. The van der Waals surface area contributed by atoms with Crippen LogP contribution in [-0.2, 0) is 27.3 Å². The predicted molar refractivity (Wildman–Crippen MR) is 78.1 cm³/mol. The number of methoxy groups -OCH3 is 1. The third-order valence-electron chi connectivity index (χ3n) is 4.51. The smallest absolute Gasteiger partial charge is 0.0704 e. The standard InChI is InChI=1S/C15H25N3O3/c1-19-8-2-6-18-14(3-5-16-18)11-17-7-10-21-13-15(17)4-9-20-12-15/h3,5H,2,4,6-13H2,1H3/t15-/m0/s1. The lowest BCUT2D eigenvalue weighted by Gasteiger charge is -2.43. The van der Waals surface area contributed by atoms with Crippen LogP contribution in [0.25, 0.3) is 0 Å². The predicted octanol–water partition coefficient (Wildman–Crippen LogP) is 0.911. The van der Waals surface area contributed by atoms with Crippen molar-refractivity contribution in [2.75, 3.05) is 46.7 Å². The highest BCUT2D eigenvalue weighted by atomic mass is 16.5. The monoisotopic (exact) mass is 295 g/mol. The van der Waals surface area contributed by atoms with Crippen molar-refractivity contribution in [2.45, 2.75) is 31.5 Å². The molecule has 3 rings (SSSR count). The molecule has 0 amide bonds. The molecule has 0 bridgehead atoms. The van der Waals surface area contributed by atoms with Crippen molar-refractivity contribution in [1.82, 2.24) is 14.7 Å². The zero-order chi connectivity index (χ0) is 14.5. The van der Waals surface area contributed by atoms with Crippen LogP contribution in [0.4, 0.5) is 0 Å². The Kier molecular flexibility index (Phi) is 4.90. The van der Waals surface area contributed by atoms with E-state index in [0.717, 1.165) is 65.5 Å². The molecule has 1 aromatic rings. The average Bonchev–Trinajstić information content (AvgIpc) is 3.13. The van der Waals surface area contributed by atoms with E-state index in [1.165, 1.54) is 5.69 Å². The maximum absolute atomic E-state index is 5.71. The van der Waals surface area contributed by atoms with Gasteiger partial charge in [-0.3, -0.25) is 9.58 Å². The van der Waals surface area contributed by atoms with E-state index in [-0.39, 0.29) is 5.54 Å². The topological polar surface area (TPSA) is 48.8 Å². The van der Waals surface area contributed by atoms with Crippen molar-refractivity contribution in [3.63, 3.8) is 0 Å². The second-order valence-corrected chi connectivity index (χ2v) is 5.89. The molecule has 6 nitrogen and oxygen atoms in total. The van der Waals surface area contributed by atoms with Crippen molar-refractivity contribution in [2.24, 2.45) is 0 Å². The van der Waals surface area contributed by atoms with Gasteiger partial charge < -0.3 is 14.2 Å². The second-order valence-electron chi connectivity index (χ2n) is 5.89. The van der Waals surface area contributed by atoms with E-state index in [0.29, 0.717) is 0 Å². The maximum atomic E-state index is 5.71. The molecule has 1 atom stereocenters. The summed E-state index contributed by atoms with van der Waals surface area (Å²) >= 11 is 0. The number of aryl methyl sites for hydroxylation is 1. The number of nitrogens with zero attached hydrogens (tertiary/aromatic N) is 3. The van der Waals surface area contributed by atoms with Gasteiger partial charge in [0, 0.05) is 46.2 Å². The van der Waals surface area contributed by atoms with Crippen molar-refractivity contribution in [1.29, 1.82) is 0 Å². The van der Waals surface area contributed by atoms with Crippen LogP contribution in [0.1, 0.15) is 18.5 Å². The number of hydrogen-bond acceptors (Lipinski definition) is 5. The molecule has 0 unspecified atom stereocenters. The number of aromatic nitrogens is 2. The lowest BCUT2D eigenvalue weighted by Crippen LogP contribution is -2.57. The third-order valence-corrected chi connectivity index (χ3v) is 4.51. The second kappa shape index (κ2) is 6.87. The SMILES string of the molecule is COCCCn1nccc1CN1CCOC[C@@]12CCOC2. The third kappa shape index (κ3) is 3.29. The fourth-order valence-corrected chi connectivity index (χ4v) is 3.22. The van der Waals surface area contributed by atoms with Crippen molar-refractivity contribution >= 4 is 0 Å². The van der Waals surface area contributed by atoms with Gasteiger partial charge in [-0.2, -0.15) is 5.10 Å². The van der Waals surface area contributed by atoms with Gasteiger partial charge in [0.25, 0.3) is 0 Å². The zero-order valence-electron chi connectivity index (χ0n) is 12.8. The van der Waals surface area contributed by atoms with E-state index in [1.807, 2.05) is 6.20 Å². The molecule has 21 heavy (non-hydrogen) atoms. The summed E-state index contributed by atoms with van der Waals surface area (Å²) in [6, 6.07) is 2.12. The van der Waals surface area contributed by atoms with Crippen LogP contribution in [0.2, 0.25) is 0 Å². The molecule has 1 aromatic heterocycles. The van der Waals surface area contributed by atoms with Crippen LogP contribution < -0.4 is 0 Å². The lowest BCUT2D eigenvalue weighted by atomic mass is 9.95. The summed E-state index contributed by atoms with van der Waals surface area (Å²) in [6.07, 6.45) is 3.94. The highest BCUT2D eigenvalue weighted by Crippen LogP contribution is 2.30. The molecule has 2 saturated heterocycles. The fraction of sp³-hybridized carbons (Fsp3) is 0.800. The van der Waals surface area contributed by atoms with E-state index in [2.05, 4.69) is 20.7 Å². The highest BCUT2D eigenvalue weighted by molar-refractivity contribution is 5.05. The molecule has 2 fully saturated rings. The summed E-state index contributed by atoms with van der Waals surface area (Å²) in [5.74, 6) is 0. The Morgan fingerprint density at radius 3 is 3.00 bits per heavy atom. The molecule has 1 spiro atoms. The van der Waals surface area contributed by atoms with E-state index in [9.17, 15) is 0 Å². The summed E-state index contributed by atoms with van der Waals surface area (Å²) in [7, 11) is 1.74. The van der Waals surface area contributed by atoms with Crippen LogP contribution in [0.5, 0.6) is 0 Å². The van der Waals surface area contributed by atoms with Gasteiger partial charge in [-0.1, -0.05) is 0 Å². The molecule has 3 heterocycles. The maximum Gasteiger partial charge on any atom is 0.0704 e. The first kappa shape index (κ1) is 15.0. The molecular formula is C15H25N3O3. The first-order valence-corrected chi connectivity index (χ1v) is 7.74. The number of morpholine rings is 1. The van der Waals surface area contributed by atoms with Gasteiger partial charge in [0.1, 0.15) is 0 Å². The minimum absolute atomic E-state index is 0.0693. The van der Waals surface area contributed by atoms with E-state index in [1.54, 1.807) is 7.11 Å². The minimum atomic E-state index is 0.0693. The Labute approximate surface area is 126 Å². The molecule has 118 valence electrons. The Morgan fingerprint density at radius 1 is 1.33 bits per heavy atom. The van der Waals surface area contributed by atoms with Crippen LogP contribution in [0.3, 0.4) is 0 Å². The molecule has 0 N–H and O–H groups in total. The summed E-state index contributed by atoms with van der Waals surface area (Å²) in [6.45, 7) is 6.77. The number of hydrogen-bond donors (Lipinski definition) is 0. The summed E-state index contributed by atoms with van der Waals surface area (Å²) < 4.78 is 18.6. The molecule has 0 saturated carbocycles. The number of ether oxygens (including phenoxy) is 3. The Morgan fingerprint density at radius 2 is 2.19 bits per heavy atom. The van der Waals surface area contributed by atoms with Crippen LogP contribution >= 0.6 is 0 Å². The van der Waals surface area contributed by atoms with Gasteiger partial charge in [0.15, 0.2) is 0 Å². The van der Waals surface area contributed by atoms with Gasteiger partial charge >= 0.3 is 0 Å². The van der Waals surface area contributed by atoms with Crippen molar-refractivity contribution in [3.05, 3.63) is 18.0 Å². The first-order chi connectivity index (χ1) is 10.3. The zero-order valence-corrected chi connectivity index (χ0v) is 12.8. The average molecular weight is 295 g/mol. The van der Waals surface area contributed by atoms with E-state index >= 15 is 0 Å². The lowest BCUT2D eigenvalue weighted by molar-refractivity contribution is -0.0758. The van der Waals surface area contributed by atoms with E-state index < -0.39 is 0 Å². The van der Waals surface area contributed by atoms with Crippen molar-refractivity contribution < 1.29 is 14.2 Å². The summed E-state index contributed by atoms with van der Waals surface area (Å²) in [5.41, 5.74) is 1.33. The molecule has 0 aliphatic carbocycles. The van der Waals surface area contributed by atoms with Gasteiger partial charge in [-0.25, -0.2) is 0 Å². The molecule has 2 aliphatic rings. The minimum Gasteiger partial charge on any atom is -0.385 e. The molecule has 0 radical (unpaired) electrons. The van der Waals surface area contributed by atoms with Gasteiger partial charge in [0.2, 0.25) is 0 Å². The Balaban J connectivity index is 1.66. The number of rotatable bonds is 6. The van der Waals surface area contributed by atoms with Crippen LogP contribution in [0, 0.1) is 0 Å². The van der Waals surface area contributed by atoms with E-state index in [4.69, 9.17) is 14.2 Å². The Hall–Kier alpha value is -0.950. The Bertz CT molecular complexity index is 443. The highest BCUT2D eigenvalue weighted by Gasteiger charge is 2.43. The molecule has 2 aliphatic heterocycles.